The monoisotopic (exact) mass is 265 g/mol. The van der Waals surface area contributed by atoms with Crippen molar-refractivity contribution in [3.05, 3.63) is 11.4 Å². The van der Waals surface area contributed by atoms with Crippen molar-refractivity contribution in [1.29, 1.82) is 0 Å². The molecule has 0 radical (unpaired) electrons. The van der Waals surface area contributed by atoms with Crippen molar-refractivity contribution in [2.24, 2.45) is 5.92 Å². The van der Waals surface area contributed by atoms with E-state index in [-0.39, 0.29) is 12.5 Å². The Morgan fingerprint density at radius 1 is 1.39 bits per heavy atom. The van der Waals surface area contributed by atoms with E-state index >= 15 is 0 Å². The number of carbonyl (C=O) groups is 1. The maximum absolute atomic E-state index is 12.8. The van der Waals surface area contributed by atoms with Gasteiger partial charge in [0.2, 0.25) is 5.69 Å². The number of nitrogens with zero attached hydrogens (tertiary/aromatic N) is 3. The van der Waals surface area contributed by atoms with Gasteiger partial charge in [-0.2, -0.15) is 13.2 Å². The Morgan fingerprint density at radius 2 is 1.94 bits per heavy atom. The van der Waals surface area contributed by atoms with Crippen LogP contribution in [-0.2, 0) is 12.7 Å². The largest absolute Gasteiger partial charge is 0.476 e. The highest BCUT2D eigenvalue weighted by atomic mass is 19.4. The van der Waals surface area contributed by atoms with Crippen LogP contribution in [-0.4, -0.2) is 26.1 Å². The molecule has 0 aliphatic rings. The van der Waals surface area contributed by atoms with Crippen molar-refractivity contribution >= 4 is 5.97 Å². The van der Waals surface area contributed by atoms with Crippen molar-refractivity contribution in [1.82, 2.24) is 15.0 Å². The summed E-state index contributed by atoms with van der Waals surface area (Å²) in [6.07, 6.45) is -3.39. The SMILES string of the molecule is CCC(CC)Cn1nnc(C(=O)O)c1C(F)(F)F. The first-order valence-electron chi connectivity index (χ1n) is 5.55. The number of carboxylic acids is 1. The Hall–Kier alpha value is -1.60. The molecular weight excluding hydrogens is 251 g/mol. The van der Waals surface area contributed by atoms with Gasteiger partial charge in [0, 0.05) is 6.54 Å². The third kappa shape index (κ3) is 2.99. The van der Waals surface area contributed by atoms with Gasteiger partial charge in [-0.1, -0.05) is 31.9 Å². The smallest absolute Gasteiger partial charge is 0.435 e. The number of aromatic nitrogens is 3. The number of halogens is 3. The van der Waals surface area contributed by atoms with Gasteiger partial charge in [-0.05, 0) is 5.92 Å². The molecule has 1 heterocycles. The van der Waals surface area contributed by atoms with Crippen molar-refractivity contribution in [2.45, 2.75) is 39.4 Å². The maximum atomic E-state index is 12.8. The second-order valence-corrected chi connectivity index (χ2v) is 3.95. The summed E-state index contributed by atoms with van der Waals surface area (Å²) in [6.45, 7) is 3.73. The Balaban J connectivity index is 3.17. The van der Waals surface area contributed by atoms with Crippen LogP contribution in [0, 0.1) is 5.92 Å². The Morgan fingerprint density at radius 3 is 2.33 bits per heavy atom. The lowest BCUT2D eigenvalue weighted by Gasteiger charge is -2.15. The summed E-state index contributed by atoms with van der Waals surface area (Å²) in [7, 11) is 0. The molecule has 0 spiro atoms. The molecule has 0 aromatic carbocycles. The molecule has 1 N–H and O–H groups in total. The van der Waals surface area contributed by atoms with Gasteiger partial charge in [0.25, 0.3) is 0 Å². The van der Waals surface area contributed by atoms with Crippen LogP contribution in [0.2, 0.25) is 0 Å². The van der Waals surface area contributed by atoms with Crippen LogP contribution in [0.1, 0.15) is 42.9 Å². The predicted molar refractivity (Wildman–Crippen MR) is 56.1 cm³/mol. The van der Waals surface area contributed by atoms with E-state index in [1.807, 2.05) is 13.8 Å². The number of rotatable bonds is 5. The Labute approximate surface area is 102 Å². The van der Waals surface area contributed by atoms with E-state index in [1.54, 1.807) is 0 Å². The van der Waals surface area contributed by atoms with Crippen LogP contribution in [0.4, 0.5) is 13.2 Å². The molecule has 18 heavy (non-hydrogen) atoms. The van der Waals surface area contributed by atoms with E-state index in [0.29, 0.717) is 17.5 Å². The van der Waals surface area contributed by atoms with Crippen LogP contribution in [0.5, 0.6) is 0 Å². The first kappa shape index (κ1) is 14.5. The quantitative estimate of drug-likeness (QED) is 0.887. The Bertz CT molecular complexity index is 424. The molecule has 1 aromatic rings. The summed E-state index contributed by atoms with van der Waals surface area (Å²) in [5.74, 6) is -1.72. The molecule has 0 saturated heterocycles. The standard InChI is InChI=1S/C10H14F3N3O2/c1-3-6(4-2)5-16-8(10(11,12)13)7(9(17)18)14-15-16/h6H,3-5H2,1-2H3,(H,17,18). The lowest BCUT2D eigenvalue weighted by atomic mass is 10.0. The summed E-state index contributed by atoms with van der Waals surface area (Å²) >= 11 is 0. The molecule has 0 aliphatic heterocycles. The second kappa shape index (κ2) is 5.36. The van der Waals surface area contributed by atoms with Crippen LogP contribution >= 0.6 is 0 Å². The molecule has 0 atom stereocenters. The van der Waals surface area contributed by atoms with Gasteiger partial charge in [-0.3, -0.25) is 0 Å². The number of alkyl halides is 3. The zero-order valence-corrected chi connectivity index (χ0v) is 10.0. The van der Waals surface area contributed by atoms with E-state index in [4.69, 9.17) is 5.11 Å². The molecule has 0 unspecified atom stereocenters. The molecule has 0 bridgehead atoms. The fourth-order valence-electron chi connectivity index (χ4n) is 1.66. The highest BCUT2D eigenvalue weighted by molar-refractivity contribution is 5.86. The molecule has 0 saturated carbocycles. The summed E-state index contributed by atoms with van der Waals surface area (Å²) < 4.78 is 39.0. The molecule has 8 heteroatoms. The third-order valence-corrected chi connectivity index (χ3v) is 2.79. The van der Waals surface area contributed by atoms with Crippen LogP contribution < -0.4 is 0 Å². The molecule has 1 aromatic heterocycles. The van der Waals surface area contributed by atoms with Crippen molar-refractivity contribution in [2.75, 3.05) is 0 Å². The second-order valence-electron chi connectivity index (χ2n) is 3.95. The molecule has 1 rings (SSSR count). The summed E-state index contributed by atoms with van der Waals surface area (Å²) in [5, 5.41) is 15.1. The molecule has 0 amide bonds. The number of hydrogen-bond acceptors (Lipinski definition) is 3. The van der Waals surface area contributed by atoms with Crippen molar-refractivity contribution in [3.63, 3.8) is 0 Å². The minimum atomic E-state index is -4.77. The average molecular weight is 265 g/mol. The molecule has 0 fully saturated rings. The Kier molecular flexibility index (Phi) is 4.31. The van der Waals surface area contributed by atoms with Crippen LogP contribution in [0.25, 0.3) is 0 Å². The lowest BCUT2D eigenvalue weighted by molar-refractivity contribution is -0.145. The number of carboxylic acid groups (broad SMARTS) is 1. The average Bonchev–Trinajstić information content (AvgIpc) is 2.69. The fourth-order valence-corrected chi connectivity index (χ4v) is 1.66. The van der Waals surface area contributed by atoms with Crippen LogP contribution in [0.3, 0.4) is 0 Å². The van der Waals surface area contributed by atoms with Crippen molar-refractivity contribution in [3.8, 4) is 0 Å². The third-order valence-electron chi connectivity index (χ3n) is 2.79. The topological polar surface area (TPSA) is 68.0 Å². The van der Waals surface area contributed by atoms with E-state index in [1.165, 1.54) is 0 Å². The highest BCUT2D eigenvalue weighted by Crippen LogP contribution is 2.31. The zero-order valence-electron chi connectivity index (χ0n) is 10.0. The first-order chi connectivity index (χ1) is 8.31. The summed E-state index contributed by atoms with van der Waals surface area (Å²) in [6, 6.07) is 0. The van der Waals surface area contributed by atoms with Crippen LogP contribution in [0.15, 0.2) is 0 Å². The van der Waals surface area contributed by atoms with Gasteiger partial charge in [0.1, 0.15) is 0 Å². The minimum Gasteiger partial charge on any atom is -0.476 e. The van der Waals surface area contributed by atoms with Gasteiger partial charge in [-0.15, -0.1) is 5.10 Å². The van der Waals surface area contributed by atoms with Gasteiger partial charge >= 0.3 is 12.1 Å². The summed E-state index contributed by atoms with van der Waals surface area (Å²) in [4.78, 5) is 10.7. The molecule has 5 nitrogen and oxygen atoms in total. The maximum Gasteiger partial charge on any atom is 0.435 e. The first-order valence-corrected chi connectivity index (χ1v) is 5.55. The van der Waals surface area contributed by atoms with Gasteiger partial charge in [0.05, 0.1) is 0 Å². The van der Waals surface area contributed by atoms with Gasteiger partial charge < -0.3 is 5.11 Å². The molecule has 0 aliphatic carbocycles. The number of aromatic carboxylic acids is 1. The molecular formula is C10H14F3N3O2. The summed E-state index contributed by atoms with van der Waals surface area (Å²) in [5.41, 5.74) is -2.34. The highest BCUT2D eigenvalue weighted by Gasteiger charge is 2.41. The minimum absolute atomic E-state index is 0.00875. The predicted octanol–water partition coefficient (Wildman–Crippen LogP) is 2.43. The van der Waals surface area contributed by atoms with E-state index in [2.05, 4.69) is 10.3 Å². The number of hydrogen-bond donors (Lipinski definition) is 1. The van der Waals surface area contributed by atoms with E-state index in [0.717, 1.165) is 0 Å². The van der Waals surface area contributed by atoms with Gasteiger partial charge in [-0.25, -0.2) is 9.48 Å². The van der Waals surface area contributed by atoms with Crippen molar-refractivity contribution < 1.29 is 23.1 Å². The van der Waals surface area contributed by atoms with E-state index < -0.39 is 23.5 Å². The van der Waals surface area contributed by atoms with E-state index in [9.17, 15) is 18.0 Å². The van der Waals surface area contributed by atoms with Gasteiger partial charge in [0.15, 0.2) is 5.69 Å². The lowest BCUT2D eigenvalue weighted by Crippen LogP contribution is -2.21. The fraction of sp³-hybridized carbons (Fsp3) is 0.700. The zero-order chi connectivity index (χ0) is 13.9. The molecule has 102 valence electrons. The normalized spacial score (nSPS) is 12.1.